The Morgan fingerprint density at radius 1 is 1.09 bits per heavy atom. The molecule has 0 spiro atoms. The van der Waals surface area contributed by atoms with Crippen LogP contribution in [-0.2, 0) is 9.53 Å². The average Bonchev–Trinajstić information content (AvgIpc) is 2.48. The number of halogens is 2. The van der Waals surface area contributed by atoms with Gasteiger partial charge in [0, 0.05) is 11.6 Å². The molecule has 0 N–H and O–H groups in total. The highest BCUT2D eigenvalue weighted by atomic mass is 19.1. The standard InChI is InChI=1S/C18H18F2O3/c1-4-22-17(21)18(2,3)23-14-8-5-12(6-9-14)15-10-7-13(19)11-16(15)20/h5-11H,4H2,1-3H3. The highest BCUT2D eigenvalue weighted by molar-refractivity contribution is 5.79. The van der Waals surface area contributed by atoms with E-state index in [2.05, 4.69) is 0 Å². The molecule has 0 amide bonds. The van der Waals surface area contributed by atoms with Gasteiger partial charge >= 0.3 is 5.97 Å². The molecule has 0 saturated carbocycles. The van der Waals surface area contributed by atoms with Crippen molar-refractivity contribution >= 4 is 5.97 Å². The number of esters is 1. The first-order valence-electron chi connectivity index (χ1n) is 7.25. The van der Waals surface area contributed by atoms with E-state index in [0.29, 0.717) is 16.9 Å². The van der Waals surface area contributed by atoms with Gasteiger partial charge in [0.25, 0.3) is 0 Å². The first-order valence-corrected chi connectivity index (χ1v) is 7.25. The lowest BCUT2D eigenvalue weighted by atomic mass is 10.0. The molecule has 5 heteroatoms. The fourth-order valence-electron chi connectivity index (χ4n) is 2.07. The van der Waals surface area contributed by atoms with Gasteiger partial charge in [-0.05, 0) is 50.6 Å². The molecule has 0 saturated heterocycles. The minimum absolute atomic E-state index is 0.272. The third-order valence-electron chi connectivity index (χ3n) is 3.24. The van der Waals surface area contributed by atoms with Crippen LogP contribution >= 0.6 is 0 Å². The van der Waals surface area contributed by atoms with Crippen molar-refractivity contribution < 1.29 is 23.0 Å². The Morgan fingerprint density at radius 2 is 1.74 bits per heavy atom. The summed E-state index contributed by atoms with van der Waals surface area (Å²) in [6.07, 6.45) is 0. The summed E-state index contributed by atoms with van der Waals surface area (Å²) in [5, 5.41) is 0. The lowest BCUT2D eigenvalue weighted by Gasteiger charge is -2.24. The van der Waals surface area contributed by atoms with Gasteiger partial charge in [0.05, 0.1) is 6.61 Å². The molecule has 0 aliphatic heterocycles. The molecule has 2 rings (SSSR count). The molecular formula is C18H18F2O3. The van der Waals surface area contributed by atoms with Crippen LogP contribution in [-0.4, -0.2) is 18.2 Å². The van der Waals surface area contributed by atoms with Gasteiger partial charge in [-0.1, -0.05) is 12.1 Å². The van der Waals surface area contributed by atoms with E-state index in [0.717, 1.165) is 6.07 Å². The van der Waals surface area contributed by atoms with Gasteiger partial charge in [-0.25, -0.2) is 13.6 Å². The topological polar surface area (TPSA) is 35.5 Å². The lowest BCUT2D eigenvalue weighted by molar-refractivity contribution is -0.158. The fourth-order valence-corrected chi connectivity index (χ4v) is 2.07. The zero-order valence-corrected chi connectivity index (χ0v) is 13.2. The van der Waals surface area contributed by atoms with Gasteiger partial charge in [0.1, 0.15) is 17.4 Å². The molecule has 2 aromatic carbocycles. The van der Waals surface area contributed by atoms with E-state index < -0.39 is 23.2 Å². The van der Waals surface area contributed by atoms with E-state index in [1.54, 1.807) is 45.0 Å². The van der Waals surface area contributed by atoms with Crippen LogP contribution in [0.25, 0.3) is 11.1 Å². The van der Waals surface area contributed by atoms with E-state index in [9.17, 15) is 13.6 Å². The summed E-state index contributed by atoms with van der Waals surface area (Å²) in [6.45, 7) is 5.21. The smallest absolute Gasteiger partial charge is 0.349 e. The van der Waals surface area contributed by atoms with Crippen LogP contribution in [0, 0.1) is 11.6 Å². The molecule has 0 heterocycles. The van der Waals surface area contributed by atoms with Crippen molar-refractivity contribution in [1.82, 2.24) is 0 Å². The Hall–Kier alpha value is -2.43. The molecule has 0 bridgehead atoms. The Morgan fingerprint density at radius 3 is 2.30 bits per heavy atom. The van der Waals surface area contributed by atoms with E-state index in [4.69, 9.17) is 9.47 Å². The second-order valence-corrected chi connectivity index (χ2v) is 5.48. The van der Waals surface area contributed by atoms with E-state index >= 15 is 0 Å². The SMILES string of the molecule is CCOC(=O)C(C)(C)Oc1ccc(-c2ccc(F)cc2F)cc1. The molecule has 0 unspecified atom stereocenters. The van der Waals surface area contributed by atoms with E-state index in [-0.39, 0.29) is 6.61 Å². The average molecular weight is 320 g/mol. The Balaban J connectivity index is 2.18. The Labute approximate surface area is 133 Å². The number of hydrogen-bond acceptors (Lipinski definition) is 3. The predicted molar refractivity (Wildman–Crippen MR) is 83.1 cm³/mol. The first kappa shape index (κ1) is 16.9. The maximum Gasteiger partial charge on any atom is 0.349 e. The number of rotatable bonds is 5. The summed E-state index contributed by atoms with van der Waals surface area (Å²) in [5.41, 5.74) is -0.245. The molecular weight excluding hydrogens is 302 g/mol. The molecule has 23 heavy (non-hydrogen) atoms. The zero-order chi connectivity index (χ0) is 17.0. The van der Waals surface area contributed by atoms with Gasteiger partial charge in [0.15, 0.2) is 5.60 Å². The van der Waals surface area contributed by atoms with Gasteiger partial charge in [0.2, 0.25) is 0 Å². The van der Waals surface area contributed by atoms with Crippen molar-refractivity contribution in [2.75, 3.05) is 6.61 Å². The largest absolute Gasteiger partial charge is 0.476 e. The molecule has 0 aromatic heterocycles. The van der Waals surface area contributed by atoms with Crippen molar-refractivity contribution in [3.8, 4) is 16.9 Å². The van der Waals surface area contributed by atoms with Crippen LogP contribution < -0.4 is 4.74 Å². The van der Waals surface area contributed by atoms with Crippen molar-refractivity contribution in [2.45, 2.75) is 26.4 Å². The second kappa shape index (κ2) is 6.77. The minimum Gasteiger partial charge on any atom is -0.476 e. The minimum atomic E-state index is -1.13. The van der Waals surface area contributed by atoms with Crippen LogP contribution in [0.5, 0.6) is 5.75 Å². The maximum absolute atomic E-state index is 13.8. The molecule has 0 radical (unpaired) electrons. The molecule has 0 aliphatic carbocycles. The third kappa shape index (κ3) is 4.06. The second-order valence-electron chi connectivity index (χ2n) is 5.48. The van der Waals surface area contributed by atoms with Gasteiger partial charge in [-0.3, -0.25) is 0 Å². The molecule has 0 atom stereocenters. The van der Waals surface area contributed by atoms with Crippen LogP contribution in [0.3, 0.4) is 0 Å². The van der Waals surface area contributed by atoms with Crippen molar-refractivity contribution in [2.24, 2.45) is 0 Å². The van der Waals surface area contributed by atoms with E-state index in [1.165, 1.54) is 12.1 Å². The number of ether oxygens (including phenoxy) is 2. The molecule has 0 fully saturated rings. The van der Waals surface area contributed by atoms with Crippen LogP contribution in [0.1, 0.15) is 20.8 Å². The molecule has 0 aliphatic rings. The normalized spacial score (nSPS) is 11.2. The van der Waals surface area contributed by atoms with Gasteiger partial charge < -0.3 is 9.47 Å². The predicted octanol–water partition coefficient (Wildman–Crippen LogP) is 4.35. The quantitative estimate of drug-likeness (QED) is 0.768. The third-order valence-corrected chi connectivity index (χ3v) is 3.24. The monoisotopic (exact) mass is 320 g/mol. The van der Waals surface area contributed by atoms with Crippen molar-refractivity contribution in [3.63, 3.8) is 0 Å². The van der Waals surface area contributed by atoms with Crippen LogP contribution in [0.4, 0.5) is 8.78 Å². The molecule has 122 valence electrons. The molecule has 3 nitrogen and oxygen atoms in total. The fraction of sp³-hybridized carbons (Fsp3) is 0.278. The summed E-state index contributed by atoms with van der Waals surface area (Å²) in [4.78, 5) is 11.8. The Kier molecular flexibility index (Phi) is 4.98. The summed E-state index contributed by atoms with van der Waals surface area (Å²) >= 11 is 0. The Bertz CT molecular complexity index is 694. The number of carbonyl (C=O) groups excluding carboxylic acids is 1. The zero-order valence-electron chi connectivity index (χ0n) is 13.2. The summed E-state index contributed by atoms with van der Waals surface area (Å²) in [6, 6.07) is 9.96. The van der Waals surface area contributed by atoms with Gasteiger partial charge in [-0.2, -0.15) is 0 Å². The van der Waals surface area contributed by atoms with Crippen LogP contribution in [0.2, 0.25) is 0 Å². The summed E-state index contributed by atoms with van der Waals surface area (Å²) < 4.78 is 37.3. The number of benzene rings is 2. The van der Waals surface area contributed by atoms with Crippen molar-refractivity contribution in [3.05, 3.63) is 54.1 Å². The maximum atomic E-state index is 13.8. The highest BCUT2D eigenvalue weighted by Crippen LogP contribution is 2.27. The molecule has 2 aromatic rings. The van der Waals surface area contributed by atoms with E-state index in [1.807, 2.05) is 0 Å². The summed E-state index contributed by atoms with van der Waals surface area (Å²) in [7, 11) is 0. The highest BCUT2D eigenvalue weighted by Gasteiger charge is 2.31. The summed E-state index contributed by atoms with van der Waals surface area (Å²) in [5.74, 6) is -1.27. The number of hydrogen-bond donors (Lipinski definition) is 0. The first-order chi connectivity index (χ1) is 10.8. The lowest BCUT2D eigenvalue weighted by Crippen LogP contribution is -2.39. The van der Waals surface area contributed by atoms with Crippen molar-refractivity contribution in [1.29, 1.82) is 0 Å². The number of carbonyl (C=O) groups is 1. The van der Waals surface area contributed by atoms with Gasteiger partial charge in [-0.15, -0.1) is 0 Å². The van der Waals surface area contributed by atoms with Crippen LogP contribution in [0.15, 0.2) is 42.5 Å².